The fourth-order valence-corrected chi connectivity index (χ4v) is 2.61. The Morgan fingerprint density at radius 3 is 2.50 bits per heavy atom. The Balaban J connectivity index is 1.99. The monoisotopic (exact) mass is 248 g/mol. The summed E-state index contributed by atoms with van der Waals surface area (Å²) in [6, 6.07) is 2.27. The van der Waals surface area contributed by atoms with Gasteiger partial charge in [0, 0.05) is 0 Å². The first-order chi connectivity index (χ1) is 8.74. The highest BCUT2D eigenvalue weighted by Gasteiger charge is 2.20. The Hall–Kier alpha value is -1.18. The van der Waals surface area contributed by atoms with Crippen LogP contribution in [0, 0.1) is 13.8 Å². The molecule has 0 radical (unpaired) electrons. The lowest BCUT2D eigenvalue weighted by atomic mass is 9.98. The largest absolute Gasteiger partial charge is 0.453 e. The zero-order valence-corrected chi connectivity index (χ0v) is 11.8. The van der Waals surface area contributed by atoms with E-state index in [0.29, 0.717) is 6.79 Å². The van der Waals surface area contributed by atoms with Crippen molar-refractivity contribution >= 4 is 0 Å². The highest BCUT2D eigenvalue weighted by Crippen LogP contribution is 2.40. The number of ether oxygens (including phenoxy) is 2. The molecule has 0 aromatic heterocycles. The van der Waals surface area contributed by atoms with Crippen LogP contribution in [0.15, 0.2) is 6.07 Å². The lowest BCUT2D eigenvalue weighted by Crippen LogP contribution is -1.95. The number of rotatable bonds is 6. The summed E-state index contributed by atoms with van der Waals surface area (Å²) in [6.07, 6.45) is 7.80. The Bertz CT molecular complexity index is 410. The topological polar surface area (TPSA) is 18.5 Å². The van der Waals surface area contributed by atoms with Crippen LogP contribution in [0.25, 0.3) is 0 Å². The van der Waals surface area contributed by atoms with Crippen molar-refractivity contribution in [1.82, 2.24) is 0 Å². The average Bonchev–Trinajstić information content (AvgIpc) is 2.84. The van der Waals surface area contributed by atoms with Crippen molar-refractivity contribution in [2.75, 3.05) is 6.79 Å². The van der Waals surface area contributed by atoms with E-state index in [1.807, 2.05) is 0 Å². The zero-order valence-electron chi connectivity index (χ0n) is 11.8. The standard InChI is InChI=1S/C16H24O2/c1-4-5-6-7-8-9-14-10-12(2)15-16(13(14)3)18-11-17-15/h10H,4-9,11H2,1-3H3. The van der Waals surface area contributed by atoms with Gasteiger partial charge in [0.2, 0.25) is 6.79 Å². The first-order valence-electron chi connectivity index (χ1n) is 7.12. The molecule has 0 N–H and O–H groups in total. The van der Waals surface area contributed by atoms with E-state index < -0.39 is 0 Å². The maximum Gasteiger partial charge on any atom is 0.231 e. The van der Waals surface area contributed by atoms with Crippen LogP contribution in [0.1, 0.15) is 55.7 Å². The van der Waals surface area contributed by atoms with E-state index in [2.05, 4.69) is 26.8 Å². The fraction of sp³-hybridized carbons (Fsp3) is 0.625. The van der Waals surface area contributed by atoms with Crippen molar-refractivity contribution in [3.8, 4) is 11.5 Å². The molecule has 18 heavy (non-hydrogen) atoms. The summed E-state index contributed by atoms with van der Waals surface area (Å²) in [5.74, 6) is 1.92. The van der Waals surface area contributed by atoms with Gasteiger partial charge in [-0.05, 0) is 43.4 Å². The van der Waals surface area contributed by atoms with Crippen molar-refractivity contribution in [3.05, 3.63) is 22.8 Å². The summed E-state index contributed by atoms with van der Waals surface area (Å²) in [5.41, 5.74) is 3.90. The molecule has 1 aromatic carbocycles. The lowest BCUT2D eigenvalue weighted by Gasteiger charge is -2.11. The van der Waals surface area contributed by atoms with E-state index >= 15 is 0 Å². The first kappa shape index (κ1) is 13.3. The maximum atomic E-state index is 5.57. The van der Waals surface area contributed by atoms with Crippen LogP contribution in [-0.4, -0.2) is 6.79 Å². The second-order valence-electron chi connectivity index (χ2n) is 5.21. The lowest BCUT2D eigenvalue weighted by molar-refractivity contribution is 0.173. The number of hydrogen-bond acceptors (Lipinski definition) is 2. The van der Waals surface area contributed by atoms with Crippen LogP contribution in [0.2, 0.25) is 0 Å². The molecule has 0 saturated carbocycles. The molecule has 2 rings (SSSR count). The quantitative estimate of drug-likeness (QED) is 0.688. The van der Waals surface area contributed by atoms with Gasteiger partial charge in [-0.1, -0.05) is 38.7 Å². The molecule has 1 aromatic rings. The molecule has 1 aliphatic heterocycles. The highest BCUT2D eigenvalue weighted by molar-refractivity contribution is 5.55. The molecule has 0 atom stereocenters. The van der Waals surface area contributed by atoms with Crippen molar-refractivity contribution in [1.29, 1.82) is 0 Å². The molecule has 2 nitrogen and oxygen atoms in total. The van der Waals surface area contributed by atoms with Crippen LogP contribution in [0.5, 0.6) is 11.5 Å². The Labute approximate surface area is 110 Å². The molecule has 2 heteroatoms. The highest BCUT2D eigenvalue weighted by atomic mass is 16.7. The average molecular weight is 248 g/mol. The van der Waals surface area contributed by atoms with Gasteiger partial charge in [0.1, 0.15) is 0 Å². The van der Waals surface area contributed by atoms with Gasteiger partial charge in [-0.3, -0.25) is 0 Å². The summed E-state index contributed by atoms with van der Waals surface area (Å²) in [7, 11) is 0. The second kappa shape index (κ2) is 6.12. The molecule has 1 aliphatic rings. The van der Waals surface area contributed by atoms with E-state index in [1.165, 1.54) is 48.8 Å². The van der Waals surface area contributed by atoms with Gasteiger partial charge in [-0.2, -0.15) is 0 Å². The first-order valence-corrected chi connectivity index (χ1v) is 7.12. The molecule has 0 fully saturated rings. The van der Waals surface area contributed by atoms with Crippen LogP contribution < -0.4 is 9.47 Å². The van der Waals surface area contributed by atoms with Crippen molar-refractivity contribution in [3.63, 3.8) is 0 Å². The number of unbranched alkanes of at least 4 members (excludes halogenated alkanes) is 4. The smallest absolute Gasteiger partial charge is 0.231 e. The summed E-state index contributed by atoms with van der Waals surface area (Å²) in [6.45, 7) is 6.88. The molecule has 0 bridgehead atoms. The van der Waals surface area contributed by atoms with E-state index in [1.54, 1.807) is 0 Å². The zero-order chi connectivity index (χ0) is 13.0. The predicted molar refractivity (Wildman–Crippen MR) is 74.5 cm³/mol. The van der Waals surface area contributed by atoms with E-state index in [4.69, 9.17) is 9.47 Å². The van der Waals surface area contributed by atoms with Gasteiger partial charge in [0.05, 0.1) is 0 Å². The van der Waals surface area contributed by atoms with E-state index in [0.717, 1.165) is 17.9 Å². The Morgan fingerprint density at radius 2 is 1.72 bits per heavy atom. The van der Waals surface area contributed by atoms with E-state index in [9.17, 15) is 0 Å². The van der Waals surface area contributed by atoms with Gasteiger partial charge in [-0.25, -0.2) is 0 Å². The SMILES string of the molecule is CCCCCCCc1cc(C)c2c(c1C)OCO2. The van der Waals surface area contributed by atoms with Crippen LogP contribution >= 0.6 is 0 Å². The molecule has 0 spiro atoms. The minimum Gasteiger partial charge on any atom is -0.453 e. The Morgan fingerprint density at radius 1 is 1.00 bits per heavy atom. The molecule has 1 heterocycles. The molecular formula is C16H24O2. The summed E-state index contributed by atoms with van der Waals surface area (Å²) in [4.78, 5) is 0. The predicted octanol–water partition coefficient (Wildman–Crippen LogP) is 4.55. The van der Waals surface area contributed by atoms with Crippen LogP contribution in [-0.2, 0) is 6.42 Å². The third-order valence-corrected chi connectivity index (χ3v) is 3.73. The normalized spacial score (nSPS) is 13.1. The fourth-order valence-electron chi connectivity index (χ4n) is 2.61. The summed E-state index contributed by atoms with van der Waals surface area (Å²) in [5, 5.41) is 0. The number of aryl methyl sites for hydroxylation is 2. The van der Waals surface area contributed by atoms with Crippen LogP contribution in [0.4, 0.5) is 0 Å². The van der Waals surface area contributed by atoms with Gasteiger partial charge in [-0.15, -0.1) is 0 Å². The molecule has 0 saturated heterocycles. The second-order valence-corrected chi connectivity index (χ2v) is 5.21. The van der Waals surface area contributed by atoms with Gasteiger partial charge >= 0.3 is 0 Å². The number of fused-ring (bicyclic) bond motifs is 1. The maximum absolute atomic E-state index is 5.57. The van der Waals surface area contributed by atoms with Crippen molar-refractivity contribution < 1.29 is 9.47 Å². The van der Waals surface area contributed by atoms with Gasteiger partial charge in [0.25, 0.3) is 0 Å². The summed E-state index contributed by atoms with van der Waals surface area (Å²) >= 11 is 0. The minimum atomic E-state index is 0.372. The third-order valence-electron chi connectivity index (χ3n) is 3.73. The molecule has 100 valence electrons. The molecule has 0 aliphatic carbocycles. The minimum absolute atomic E-state index is 0.372. The summed E-state index contributed by atoms with van der Waals surface area (Å²) < 4.78 is 11.1. The molecular weight excluding hydrogens is 224 g/mol. The van der Waals surface area contributed by atoms with Gasteiger partial charge < -0.3 is 9.47 Å². The molecule has 0 amide bonds. The number of hydrogen-bond donors (Lipinski definition) is 0. The van der Waals surface area contributed by atoms with E-state index in [-0.39, 0.29) is 0 Å². The third kappa shape index (κ3) is 2.80. The van der Waals surface area contributed by atoms with Crippen molar-refractivity contribution in [2.45, 2.75) is 59.3 Å². The molecule has 0 unspecified atom stereocenters. The van der Waals surface area contributed by atoms with Gasteiger partial charge in [0.15, 0.2) is 11.5 Å². The van der Waals surface area contributed by atoms with Crippen molar-refractivity contribution in [2.24, 2.45) is 0 Å². The number of benzene rings is 1. The Kier molecular flexibility index (Phi) is 4.51. The van der Waals surface area contributed by atoms with Crippen LogP contribution in [0.3, 0.4) is 0 Å².